The Hall–Kier alpha value is -0.640. The Morgan fingerprint density at radius 1 is 1.47 bits per heavy atom. The smallest absolute Gasteiger partial charge is 0.152 e. The fourth-order valence-electron chi connectivity index (χ4n) is 1.63. The Balaban J connectivity index is 2.16. The van der Waals surface area contributed by atoms with Crippen LogP contribution in [-0.2, 0) is 0 Å². The van der Waals surface area contributed by atoms with E-state index in [1.165, 1.54) is 0 Å². The lowest BCUT2D eigenvalue weighted by molar-refractivity contribution is 0.177. The monoisotopic (exact) mass is 270 g/mol. The molecule has 1 N–H and O–H groups in total. The zero-order valence-electron chi connectivity index (χ0n) is 9.65. The van der Waals surface area contributed by atoms with E-state index in [0.717, 1.165) is 17.6 Å². The molecule has 1 aromatic carbocycles. The lowest BCUT2D eigenvalue weighted by atomic mass is 10.2. The van der Waals surface area contributed by atoms with Gasteiger partial charge >= 0.3 is 0 Å². The van der Waals surface area contributed by atoms with Crippen LogP contribution < -0.4 is 0 Å². The van der Waals surface area contributed by atoms with Gasteiger partial charge in [0.25, 0.3) is 0 Å². The van der Waals surface area contributed by atoms with Gasteiger partial charge in [-0.15, -0.1) is 0 Å². The molecule has 0 spiro atoms. The molecule has 0 aliphatic carbocycles. The van der Waals surface area contributed by atoms with Gasteiger partial charge in [0.1, 0.15) is 11.9 Å². The highest BCUT2D eigenvalue weighted by molar-refractivity contribution is 7.99. The molecular weight excluding hydrogens is 256 g/mol. The minimum Gasteiger partial charge on any atom is -0.457 e. The quantitative estimate of drug-likeness (QED) is 0.824. The van der Waals surface area contributed by atoms with Crippen LogP contribution in [0.4, 0.5) is 0 Å². The van der Waals surface area contributed by atoms with Crippen molar-refractivity contribution in [3.05, 3.63) is 35.0 Å². The number of aliphatic hydroxyl groups is 1. The largest absolute Gasteiger partial charge is 0.457 e. The molecule has 92 valence electrons. The van der Waals surface area contributed by atoms with E-state index in [1.54, 1.807) is 17.8 Å². The number of fused-ring (bicyclic) bond motifs is 1. The number of para-hydroxylation sites is 1. The van der Waals surface area contributed by atoms with Gasteiger partial charge in [0.05, 0.1) is 5.02 Å². The van der Waals surface area contributed by atoms with E-state index in [4.69, 9.17) is 16.0 Å². The number of benzene rings is 1. The molecule has 0 saturated heterocycles. The molecule has 0 aliphatic heterocycles. The average molecular weight is 271 g/mol. The molecule has 1 unspecified atom stereocenters. The molecule has 17 heavy (non-hydrogen) atoms. The van der Waals surface area contributed by atoms with E-state index in [1.807, 2.05) is 18.2 Å². The highest BCUT2D eigenvalue weighted by atomic mass is 35.5. The van der Waals surface area contributed by atoms with Crippen LogP contribution >= 0.6 is 23.4 Å². The normalized spacial score (nSPS) is 13.1. The summed E-state index contributed by atoms with van der Waals surface area (Å²) in [5, 5.41) is 11.5. The van der Waals surface area contributed by atoms with Crippen molar-refractivity contribution in [1.82, 2.24) is 0 Å². The molecule has 0 aliphatic rings. The fraction of sp³-hybridized carbons (Fsp3) is 0.385. The molecule has 0 bridgehead atoms. The molecule has 2 rings (SSSR count). The predicted octanol–water partition coefficient (Wildman–Crippen LogP) is 4.26. The van der Waals surface area contributed by atoms with Crippen LogP contribution in [0.25, 0.3) is 11.0 Å². The highest BCUT2D eigenvalue weighted by Gasteiger charge is 2.14. The van der Waals surface area contributed by atoms with Crippen molar-refractivity contribution in [3.8, 4) is 0 Å². The lowest BCUT2D eigenvalue weighted by Gasteiger charge is -2.05. The zero-order chi connectivity index (χ0) is 12.3. The number of hydrogen-bond acceptors (Lipinski definition) is 3. The van der Waals surface area contributed by atoms with Gasteiger partial charge in [-0.25, -0.2) is 0 Å². The Morgan fingerprint density at radius 2 is 2.29 bits per heavy atom. The first-order chi connectivity index (χ1) is 8.22. The number of hydrogen-bond donors (Lipinski definition) is 1. The summed E-state index contributed by atoms with van der Waals surface area (Å²) in [6.07, 6.45) is 0.554. The summed E-state index contributed by atoms with van der Waals surface area (Å²) in [5.74, 6) is 2.31. The van der Waals surface area contributed by atoms with Crippen molar-refractivity contribution >= 4 is 34.3 Å². The van der Waals surface area contributed by atoms with Crippen molar-refractivity contribution in [2.75, 3.05) is 11.5 Å². The molecule has 0 amide bonds. The van der Waals surface area contributed by atoms with E-state index in [-0.39, 0.29) is 0 Å². The number of halogens is 1. The lowest BCUT2D eigenvalue weighted by Crippen LogP contribution is -1.99. The first kappa shape index (κ1) is 12.8. The minimum absolute atomic E-state index is 0.560. The number of thioether (sulfide) groups is 1. The molecule has 1 atom stereocenters. The van der Waals surface area contributed by atoms with Crippen molar-refractivity contribution in [3.63, 3.8) is 0 Å². The van der Waals surface area contributed by atoms with Crippen LogP contribution in [-0.4, -0.2) is 16.6 Å². The second kappa shape index (κ2) is 5.80. The highest BCUT2D eigenvalue weighted by Crippen LogP contribution is 2.30. The van der Waals surface area contributed by atoms with Crippen LogP contribution in [0.1, 0.15) is 25.2 Å². The second-order valence-corrected chi connectivity index (χ2v) is 5.45. The van der Waals surface area contributed by atoms with Gasteiger partial charge in [0, 0.05) is 11.1 Å². The minimum atomic E-state index is -0.560. The summed E-state index contributed by atoms with van der Waals surface area (Å²) in [5.41, 5.74) is 0.656. The van der Waals surface area contributed by atoms with E-state index in [9.17, 15) is 5.11 Å². The van der Waals surface area contributed by atoms with Gasteiger partial charge < -0.3 is 9.52 Å². The van der Waals surface area contributed by atoms with Gasteiger partial charge in [-0.2, -0.15) is 11.8 Å². The summed E-state index contributed by atoms with van der Waals surface area (Å²) in [4.78, 5) is 0. The van der Waals surface area contributed by atoms with Crippen LogP contribution in [0.15, 0.2) is 28.7 Å². The number of aliphatic hydroxyl groups excluding tert-OH is 1. The Kier molecular flexibility index (Phi) is 4.37. The Morgan fingerprint density at radius 3 is 3.00 bits per heavy atom. The predicted molar refractivity (Wildman–Crippen MR) is 73.8 cm³/mol. The maximum atomic E-state index is 9.98. The third kappa shape index (κ3) is 2.97. The molecule has 4 heteroatoms. The summed E-state index contributed by atoms with van der Waals surface area (Å²) in [6, 6.07) is 7.45. The summed E-state index contributed by atoms with van der Waals surface area (Å²) >= 11 is 7.75. The molecule has 0 saturated carbocycles. The third-order valence-electron chi connectivity index (χ3n) is 2.47. The van der Waals surface area contributed by atoms with Gasteiger partial charge in [0.15, 0.2) is 5.58 Å². The fourth-order valence-corrected chi connectivity index (χ4v) is 2.70. The molecule has 0 radical (unpaired) electrons. The summed E-state index contributed by atoms with van der Waals surface area (Å²) in [6.45, 7) is 2.13. The first-order valence-corrected chi connectivity index (χ1v) is 7.19. The van der Waals surface area contributed by atoms with Gasteiger partial charge in [-0.3, -0.25) is 0 Å². The van der Waals surface area contributed by atoms with Crippen LogP contribution in [0, 0.1) is 0 Å². The molecule has 1 heterocycles. The standard InChI is InChI=1S/C13H15ClO2S/c1-2-6-17-8-11(15)12-7-9-4-3-5-10(14)13(9)16-12/h3-5,7,11,15H,2,6,8H2,1H3. The first-order valence-electron chi connectivity index (χ1n) is 5.66. The summed E-state index contributed by atoms with van der Waals surface area (Å²) in [7, 11) is 0. The third-order valence-corrected chi connectivity index (χ3v) is 4.01. The number of furan rings is 1. The van der Waals surface area contributed by atoms with Crippen molar-refractivity contribution in [2.24, 2.45) is 0 Å². The van der Waals surface area contributed by atoms with Crippen LogP contribution in [0.5, 0.6) is 0 Å². The van der Waals surface area contributed by atoms with Crippen LogP contribution in [0.3, 0.4) is 0 Å². The van der Waals surface area contributed by atoms with Gasteiger partial charge in [0.2, 0.25) is 0 Å². The van der Waals surface area contributed by atoms with E-state index < -0.39 is 6.10 Å². The topological polar surface area (TPSA) is 33.4 Å². The SMILES string of the molecule is CCCSCC(O)c1cc2cccc(Cl)c2o1. The Bertz CT molecular complexity index is 495. The second-order valence-electron chi connectivity index (χ2n) is 3.90. The van der Waals surface area contributed by atoms with Crippen molar-refractivity contribution in [1.29, 1.82) is 0 Å². The molecule has 2 aromatic rings. The van der Waals surface area contributed by atoms with Crippen molar-refractivity contribution < 1.29 is 9.52 Å². The maximum absolute atomic E-state index is 9.98. The molecule has 1 aromatic heterocycles. The maximum Gasteiger partial charge on any atom is 0.152 e. The molecule has 2 nitrogen and oxygen atoms in total. The van der Waals surface area contributed by atoms with Gasteiger partial charge in [-0.05, 0) is 24.3 Å². The van der Waals surface area contributed by atoms with Crippen molar-refractivity contribution in [2.45, 2.75) is 19.4 Å². The summed E-state index contributed by atoms with van der Waals surface area (Å²) < 4.78 is 5.60. The average Bonchev–Trinajstić information content (AvgIpc) is 2.75. The van der Waals surface area contributed by atoms with Gasteiger partial charge in [-0.1, -0.05) is 30.7 Å². The number of rotatable bonds is 5. The van der Waals surface area contributed by atoms with E-state index in [2.05, 4.69) is 6.92 Å². The Labute approximate surface area is 110 Å². The zero-order valence-corrected chi connectivity index (χ0v) is 11.2. The van der Waals surface area contributed by atoms with E-state index >= 15 is 0 Å². The van der Waals surface area contributed by atoms with E-state index in [0.29, 0.717) is 22.1 Å². The molecule has 0 fully saturated rings. The molecular formula is C13H15ClO2S. The van der Waals surface area contributed by atoms with Crippen LogP contribution in [0.2, 0.25) is 5.02 Å².